The molecule has 1 aromatic heterocycles. The molecule has 2 aromatic rings. The first-order valence-electron chi connectivity index (χ1n) is 8.97. The molecular weight excluding hydrogens is 348 g/mol. The molecule has 0 spiro atoms. The average molecular weight is 374 g/mol. The van der Waals surface area contributed by atoms with Crippen molar-refractivity contribution in [2.75, 3.05) is 33.3 Å². The Morgan fingerprint density at radius 2 is 1.96 bits per heavy atom. The molecule has 8 heteroatoms. The highest BCUT2D eigenvalue weighted by atomic mass is 16.5. The van der Waals surface area contributed by atoms with E-state index in [1.807, 2.05) is 0 Å². The Balaban J connectivity index is 2.30. The molecule has 0 amide bonds. The van der Waals surface area contributed by atoms with Gasteiger partial charge >= 0.3 is 5.69 Å². The number of para-hydroxylation sites is 2. The molecule has 0 atom stereocenters. The van der Waals surface area contributed by atoms with Gasteiger partial charge in [0.25, 0.3) is 5.56 Å². The zero-order valence-corrected chi connectivity index (χ0v) is 15.9. The number of aromatic nitrogens is 2. The topological polar surface area (TPSA) is 99.9 Å². The Morgan fingerprint density at radius 3 is 2.63 bits per heavy atom. The third kappa shape index (κ3) is 4.85. The molecule has 0 radical (unpaired) electrons. The number of hydrogen-bond acceptors (Lipinski definition) is 6. The Kier molecular flexibility index (Phi) is 7.36. The number of aromatic hydroxyl groups is 1. The van der Waals surface area contributed by atoms with Gasteiger partial charge in [-0.2, -0.15) is 0 Å². The maximum Gasteiger partial charge on any atom is 0.335 e. The average Bonchev–Trinajstić information content (AvgIpc) is 2.67. The molecular formula is C19H26N4O4. The lowest BCUT2D eigenvalue weighted by Gasteiger charge is -2.16. The van der Waals surface area contributed by atoms with Gasteiger partial charge in [0.15, 0.2) is 0 Å². The summed E-state index contributed by atoms with van der Waals surface area (Å²) in [7, 11) is 1.46. The van der Waals surface area contributed by atoms with Gasteiger partial charge in [0, 0.05) is 12.8 Å². The zero-order chi connectivity index (χ0) is 19.8. The Labute approximate surface area is 157 Å². The second-order valence-corrected chi connectivity index (χ2v) is 5.92. The Hall–Kier alpha value is -2.87. The molecule has 0 aliphatic heterocycles. The second kappa shape index (κ2) is 9.72. The summed E-state index contributed by atoms with van der Waals surface area (Å²) in [6, 6.07) is 6.72. The van der Waals surface area contributed by atoms with Gasteiger partial charge in [-0.3, -0.25) is 14.8 Å². The number of nitrogens with one attached hydrogen (secondary N) is 1. The molecule has 0 saturated heterocycles. The maximum absolute atomic E-state index is 12.2. The van der Waals surface area contributed by atoms with Crippen molar-refractivity contribution in [2.24, 2.45) is 4.99 Å². The van der Waals surface area contributed by atoms with Crippen LogP contribution in [0.3, 0.4) is 0 Å². The van der Waals surface area contributed by atoms with Gasteiger partial charge in [-0.1, -0.05) is 26.0 Å². The number of methoxy groups -OCH3 is 1. The summed E-state index contributed by atoms with van der Waals surface area (Å²) >= 11 is 0. The smallest absolute Gasteiger partial charge is 0.335 e. The van der Waals surface area contributed by atoms with Gasteiger partial charge < -0.3 is 14.7 Å². The molecule has 1 heterocycles. The molecule has 0 aliphatic carbocycles. The highest BCUT2D eigenvalue weighted by molar-refractivity contribution is 5.82. The van der Waals surface area contributed by atoms with Crippen molar-refractivity contribution in [1.82, 2.24) is 14.5 Å². The van der Waals surface area contributed by atoms with Crippen molar-refractivity contribution in [3.8, 4) is 17.3 Å². The quantitative estimate of drug-likeness (QED) is 0.510. The van der Waals surface area contributed by atoms with Crippen LogP contribution in [0.2, 0.25) is 0 Å². The number of rotatable bonds is 9. The zero-order valence-electron chi connectivity index (χ0n) is 15.9. The minimum atomic E-state index is -0.749. The molecule has 0 aliphatic rings. The van der Waals surface area contributed by atoms with Crippen LogP contribution >= 0.6 is 0 Å². The van der Waals surface area contributed by atoms with Crippen LogP contribution in [-0.2, 0) is 0 Å². The van der Waals surface area contributed by atoms with E-state index < -0.39 is 17.1 Å². The summed E-state index contributed by atoms with van der Waals surface area (Å²) in [4.78, 5) is 33.1. The van der Waals surface area contributed by atoms with E-state index in [0.717, 1.165) is 30.6 Å². The SMILES string of the molecule is CCN(CC)CCCN=Cc1c(O)n(-c2ccccc2OC)c(=O)[nH]c1=O. The lowest BCUT2D eigenvalue weighted by Crippen LogP contribution is -2.31. The summed E-state index contributed by atoms with van der Waals surface area (Å²) in [5.41, 5.74) is -1.17. The van der Waals surface area contributed by atoms with E-state index in [9.17, 15) is 14.7 Å². The number of nitrogens with zero attached hydrogens (tertiary/aromatic N) is 3. The van der Waals surface area contributed by atoms with Gasteiger partial charge in [-0.25, -0.2) is 9.36 Å². The minimum absolute atomic E-state index is 0.0663. The molecule has 2 N–H and O–H groups in total. The predicted molar refractivity (Wildman–Crippen MR) is 106 cm³/mol. The number of H-pyrrole nitrogens is 1. The molecule has 0 bridgehead atoms. The van der Waals surface area contributed by atoms with Gasteiger partial charge in [0.1, 0.15) is 11.3 Å². The summed E-state index contributed by atoms with van der Waals surface area (Å²) in [6.45, 7) is 7.59. The Morgan fingerprint density at radius 1 is 1.26 bits per heavy atom. The van der Waals surface area contributed by atoms with Crippen LogP contribution in [-0.4, -0.2) is 59.1 Å². The van der Waals surface area contributed by atoms with Gasteiger partial charge in [-0.15, -0.1) is 0 Å². The van der Waals surface area contributed by atoms with Crippen LogP contribution in [0, 0.1) is 0 Å². The van der Waals surface area contributed by atoms with Crippen molar-refractivity contribution in [3.05, 3.63) is 50.7 Å². The fraction of sp³-hybridized carbons (Fsp3) is 0.421. The van der Waals surface area contributed by atoms with Crippen molar-refractivity contribution >= 4 is 6.21 Å². The lowest BCUT2D eigenvalue weighted by molar-refractivity contribution is 0.302. The summed E-state index contributed by atoms with van der Waals surface area (Å²) in [5.74, 6) is -0.0789. The highest BCUT2D eigenvalue weighted by Gasteiger charge is 2.16. The summed E-state index contributed by atoms with van der Waals surface area (Å²) in [6.07, 6.45) is 2.14. The van der Waals surface area contributed by atoms with E-state index >= 15 is 0 Å². The van der Waals surface area contributed by atoms with Crippen LogP contribution in [0.5, 0.6) is 11.6 Å². The minimum Gasteiger partial charge on any atom is -0.495 e. The highest BCUT2D eigenvalue weighted by Crippen LogP contribution is 2.24. The maximum atomic E-state index is 12.2. The van der Waals surface area contributed by atoms with E-state index in [4.69, 9.17) is 4.74 Å². The van der Waals surface area contributed by atoms with E-state index in [0.29, 0.717) is 18.0 Å². The first-order chi connectivity index (χ1) is 13.0. The molecule has 0 saturated carbocycles. The normalized spacial score (nSPS) is 11.4. The summed E-state index contributed by atoms with van der Waals surface area (Å²) in [5, 5.41) is 10.5. The summed E-state index contributed by atoms with van der Waals surface area (Å²) < 4.78 is 6.23. The number of ether oxygens (including phenoxy) is 1. The fourth-order valence-electron chi connectivity index (χ4n) is 2.77. The fourth-order valence-corrected chi connectivity index (χ4v) is 2.77. The van der Waals surface area contributed by atoms with Crippen molar-refractivity contribution in [3.63, 3.8) is 0 Å². The molecule has 8 nitrogen and oxygen atoms in total. The first-order valence-corrected chi connectivity index (χ1v) is 8.97. The second-order valence-electron chi connectivity index (χ2n) is 5.92. The predicted octanol–water partition coefficient (Wildman–Crippen LogP) is 1.39. The van der Waals surface area contributed by atoms with Crippen LogP contribution in [0.15, 0.2) is 38.8 Å². The van der Waals surface area contributed by atoms with Crippen LogP contribution < -0.4 is 16.0 Å². The van der Waals surface area contributed by atoms with Crippen molar-refractivity contribution in [1.29, 1.82) is 0 Å². The van der Waals surface area contributed by atoms with E-state index in [1.165, 1.54) is 13.3 Å². The number of hydrogen-bond donors (Lipinski definition) is 2. The third-order valence-corrected chi connectivity index (χ3v) is 4.32. The lowest BCUT2D eigenvalue weighted by atomic mass is 10.2. The molecule has 27 heavy (non-hydrogen) atoms. The molecule has 1 aromatic carbocycles. The molecule has 146 valence electrons. The van der Waals surface area contributed by atoms with Crippen LogP contribution in [0.1, 0.15) is 25.8 Å². The van der Waals surface area contributed by atoms with Crippen LogP contribution in [0.25, 0.3) is 5.69 Å². The van der Waals surface area contributed by atoms with Gasteiger partial charge in [0.05, 0.1) is 12.8 Å². The monoisotopic (exact) mass is 374 g/mol. The van der Waals surface area contributed by atoms with Crippen molar-refractivity contribution < 1.29 is 9.84 Å². The van der Waals surface area contributed by atoms with Crippen LogP contribution in [0.4, 0.5) is 0 Å². The number of aliphatic imine (C=N–C) groups is 1. The Bertz CT molecular complexity index is 897. The van der Waals surface area contributed by atoms with Crippen molar-refractivity contribution in [2.45, 2.75) is 20.3 Å². The molecule has 0 fully saturated rings. The number of aromatic amines is 1. The van der Waals surface area contributed by atoms with E-state index in [1.54, 1.807) is 24.3 Å². The molecule has 2 rings (SSSR count). The molecule has 0 unspecified atom stereocenters. The first kappa shape index (κ1) is 20.4. The van der Waals surface area contributed by atoms with Gasteiger partial charge in [-0.05, 0) is 38.2 Å². The number of benzene rings is 1. The third-order valence-electron chi connectivity index (χ3n) is 4.32. The van der Waals surface area contributed by atoms with E-state index in [-0.39, 0.29) is 5.56 Å². The standard InChI is InChI=1S/C19H26N4O4/c1-4-22(5-2)12-8-11-20-13-14-17(24)21-19(26)23(18(14)25)15-9-6-7-10-16(15)27-3/h6-7,9-10,13,25H,4-5,8,11-12H2,1-3H3,(H,21,24,26). The van der Waals surface area contributed by atoms with E-state index in [2.05, 4.69) is 28.7 Å². The largest absolute Gasteiger partial charge is 0.495 e. The van der Waals surface area contributed by atoms with Gasteiger partial charge in [0.2, 0.25) is 5.88 Å².